The lowest BCUT2D eigenvalue weighted by molar-refractivity contribution is -0.153. The highest BCUT2D eigenvalue weighted by atomic mass is 35.5. The second-order valence-electron chi connectivity index (χ2n) is 7.23. The molecule has 10 heteroatoms. The summed E-state index contributed by atoms with van der Waals surface area (Å²) >= 11 is 7.16. The third kappa shape index (κ3) is 4.57. The summed E-state index contributed by atoms with van der Waals surface area (Å²) in [6.07, 6.45) is 1.96. The summed E-state index contributed by atoms with van der Waals surface area (Å²) in [5, 5.41) is 1.36. The number of nitrogens with zero attached hydrogens (tertiary/aromatic N) is 4. The molecule has 1 fully saturated rings. The number of hydrogen-bond acceptors (Lipinski definition) is 7. The molecule has 0 radical (unpaired) electrons. The van der Waals surface area contributed by atoms with E-state index in [1.54, 1.807) is 21.9 Å². The van der Waals surface area contributed by atoms with Gasteiger partial charge in [0.15, 0.2) is 11.7 Å². The maximum atomic E-state index is 13.1. The molecule has 3 heterocycles. The highest BCUT2D eigenvalue weighted by Crippen LogP contribution is 2.28. The van der Waals surface area contributed by atoms with E-state index in [-0.39, 0.29) is 18.4 Å². The Hall–Kier alpha value is -2.91. The number of carbonyl (C=O) groups is 2. The van der Waals surface area contributed by atoms with E-state index in [4.69, 9.17) is 22.1 Å². The maximum Gasteiger partial charge on any atom is 0.261 e. The molecule has 1 aliphatic heterocycles. The van der Waals surface area contributed by atoms with E-state index in [2.05, 4.69) is 9.97 Å². The van der Waals surface area contributed by atoms with Crippen LogP contribution in [0, 0.1) is 0 Å². The molecule has 1 aromatic carbocycles. The molecule has 0 spiro atoms. The highest BCUT2D eigenvalue weighted by molar-refractivity contribution is 7.17. The van der Waals surface area contributed by atoms with Gasteiger partial charge in [0.05, 0.1) is 9.85 Å². The minimum atomic E-state index is -0.504. The third-order valence-corrected chi connectivity index (χ3v) is 6.43. The molecule has 1 aliphatic rings. The topological polar surface area (TPSA) is 102 Å². The van der Waals surface area contributed by atoms with Crippen molar-refractivity contribution in [1.29, 1.82) is 0 Å². The zero-order valence-corrected chi connectivity index (χ0v) is 18.5. The molecule has 1 saturated heterocycles. The summed E-state index contributed by atoms with van der Waals surface area (Å²) in [4.78, 5) is 37.5. The van der Waals surface area contributed by atoms with Crippen LogP contribution in [0.25, 0.3) is 10.9 Å². The number of fused-ring (bicyclic) bond motifs is 1. The van der Waals surface area contributed by atoms with Crippen molar-refractivity contribution in [3.63, 3.8) is 0 Å². The number of anilines is 1. The predicted octanol–water partition coefficient (Wildman–Crippen LogP) is 2.96. The van der Waals surface area contributed by atoms with Gasteiger partial charge in [-0.3, -0.25) is 9.59 Å². The van der Waals surface area contributed by atoms with E-state index < -0.39 is 6.04 Å². The number of rotatable bonds is 6. The lowest BCUT2D eigenvalue weighted by Gasteiger charge is -2.40. The molecule has 1 unspecified atom stereocenters. The van der Waals surface area contributed by atoms with Gasteiger partial charge in [0, 0.05) is 25.0 Å². The summed E-state index contributed by atoms with van der Waals surface area (Å²) in [7, 11) is 0. The smallest absolute Gasteiger partial charge is 0.261 e. The Morgan fingerprint density at radius 2 is 2.13 bits per heavy atom. The number of piperazine rings is 1. The molecule has 8 nitrogen and oxygen atoms in total. The lowest BCUT2D eigenvalue weighted by atomic mass is 10.1. The van der Waals surface area contributed by atoms with Crippen LogP contribution in [-0.2, 0) is 16.1 Å². The van der Waals surface area contributed by atoms with Crippen molar-refractivity contribution >= 4 is 51.5 Å². The molecule has 2 N–H and O–H groups in total. The average Bonchev–Trinajstić information content (AvgIpc) is 3.18. The molecule has 3 aromatic rings. The summed E-state index contributed by atoms with van der Waals surface area (Å²) < 4.78 is 6.14. The second-order valence-corrected chi connectivity index (χ2v) is 8.91. The number of hydrogen-bond donors (Lipinski definition) is 1. The second kappa shape index (κ2) is 9.07. The number of benzene rings is 1. The van der Waals surface area contributed by atoms with Gasteiger partial charge in [0.2, 0.25) is 5.91 Å². The van der Waals surface area contributed by atoms with Crippen molar-refractivity contribution in [3.05, 3.63) is 46.6 Å². The minimum Gasteiger partial charge on any atom is -0.474 e. The first-order chi connectivity index (χ1) is 15.0. The van der Waals surface area contributed by atoms with Crippen molar-refractivity contribution < 1.29 is 14.3 Å². The van der Waals surface area contributed by atoms with Crippen LogP contribution in [0.1, 0.15) is 18.9 Å². The number of ether oxygens (including phenoxy) is 1. The van der Waals surface area contributed by atoms with Crippen LogP contribution in [0.4, 0.5) is 5.82 Å². The van der Waals surface area contributed by atoms with E-state index in [0.717, 1.165) is 16.5 Å². The first-order valence-electron chi connectivity index (χ1n) is 9.91. The fourth-order valence-electron chi connectivity index (χ4n) is 3.72. The van der Waals surface area contributed by atoms with Crippen LogP contribution < -0.4 is 10.5 Å². The van der Waals surface area contributed by atoms with Crippen LogP contribution in [0.5, 0.6) is 5.06 Å². The first kappa shape index (κ1) is 21.3. The standard InChI is InChI=1S/C21H22ClN5O3S/c1-2-16-21(29)26(10-13-3-4-14-15(9-13)24-12-25-20(14)23)7-8-27(16)18(28)11-30-19-6-5-17(22)31-19/h3-6,9,12,16H,2,7-8,10-11H2,1H3,(H2,23,24,25). The summed E-state index contributed by atoms with van der Waals surface area (Å²) in [6, 6.07) is 8.65. The zero-order chi connectivity index (χ0) is 22.0. The minimum absolute atomic E-state index is 0.0661. The van der Waals surface area contributed by atoms with E-state index in [0.29, 0.717) is 41.3 Å². The summed E-state index contributed by atoms with van der Waals surface area (Å²) in [6.45, 7) is 3.14. The number of halogens is 1. The molecule has 2 amide bonds. The van der Waals surface area contributed by atoms with E-state index in [9.17, 15) is 9.59 Å². The summed E-state index contributed by atoms with van der Waals surface area (Å²) in [5.74, 6) is 0.156. The Labute approximate surface area is 188 Å². The molecule has 4 rings (SSSR count). The van der Waals surface area contributed by atoms with E-state index >= 15 is 0 Å². The van der Waals surface area contributed by atoms with Crippen molar-refractivity contribution in [2.24, 2.45) is 0 Å². The van der Waals surface area contributed by atoms with Crippen LogP contribution in [-0.4, -0.2) is 57.3 Å². The van der Waals surface area contributed by atoms with Crippen LogP contribution in [0.15, 0.2) is 36.7 Å². The number of nitrogen functional groups attached to an aromatic ring is 1. The fraction of sp³-hybridized carbons (Fsp3) is 0.333. The lowest BCUT2D eigenvalue weighted by Crippen LogP contribution is -2.59. The third-order valence-electron chi connectivity index (χ3n) is 5.28. The number of carbonyl (C=O) groups excluding carboxylic acids is 2. The Balaban J connectivity index is 1.42. The van der Waals surface area contributed by atoms with Crippen LogP contribution in [0.2, 0.25) is 4.34 Å². The summed E-state index contributed by atoms with van der Waals surface area (Å²) in [5.41, 5.74) is 7.58. The number of nitrogens with two attached hydrogens (primary N) is 1. The van der Waals surface area contributed by atoms with Gasteiger partial charge in [-0.05, 0) is 36.2 Å². The van der Waals surface area contributed by atoms with Gasteiger partial charge in [-0.2, -0.15) is 0 Å². The molecule has 0 aliphatic carbocycles. The van der Waals surface area contributed by atoms with Crippen LogP contribution >= 0.6 is 22.9 Å². The van der Waals surface area contributed by atoms with Crippen molar-refractivity contribution in [2.75, 3.05) is 25.4 Å². The predicted molar refractivity (Wildman–Crippen MR) is 120 cm³/mol. The quantitative estimate of drug-likeness (QED) is 0.608. The van der Waals surface area contributed by atoms with E-state index in [1.807, 2.05) is 25.1 Å². The Morgan fingerprint density at radius 3 is 2.87 bits per heavy atom. The van der Waals surface area contributed by atoms with Crippen LogP contribution in [0.3, 0.4) is 0 Å². The van der Waals surface area contributed by atoms with E-state index in [1.165, 1.54) is 17.7 Å². The van der Waals surface area contributed by atoms with Crippen molar-refractivity contribution in [1.82, 2.24) is 19.8 Å². The Kier molecular flexibility index (Phi) is 6.24. The Morgan fingerprint density at radius 1 is 1.29 bits per heavy atom. The molecular weight excluding hydrogens is 438 g/mol. The molecule has 162 valence electrons. The molecule has 0 saturated carbocycles. The Bertz CT molecular complexity index is 1120. The van der Waals surface area contributed by atoms with Gasteiger partial charge < -0.3 is 20.3 Å². The monoisotopic (exact) mass is 459 g/mol. The maximum absolute atomic E-state index is 13.1. The zero-order valence-electron chi connectivity index (χ0n) is 17.0. The molecule has 2 aromatic heterocycles. The fourth-order valence-corrected chi connectivity index (χ4v) is 4.60. The first-order valence-corrected chi connectivity index (χ1v) is 11.1. The van der Waals surface area contributed by atoms with Gasteiger partial charge in [-0.15, -0.1) is 0 Å². The number of thiophene rings is 1. The normalized spacial score (nSPS) is 16.7. The molecular formula is C21H22ClN5O3S. The number of amides is 2. The highest BCUT2D eigenvalue weighted by Gasteiger charge is 2.36. The molecule has 31 heavy (non-hydrogen) atoms. The van der Waals surface area contributed by atoms with Crippen molar-refractivity contribution in [3.8, 4) is 5.06 Å². The average molecular weight is 460 g/mol. The van der Waals surface area contributed by atoms with Gasteiger partial charge in [0.1, 0.15) is 18.2 Å². The molecule has 1 atom stereocenters. The van der Waals surface area contributed by atoms with Gasteiger partial charge in [-0.25, -0.2) is 9.97 Å². The van der Waals surface area contributed by atoms with Crippen molar-refractivity contribution in [2.45, 2.75) is 25.9 Å². The van der Waals surface area contributed by atoms with Gasteiger partial charge in [0.25, 0.3) is 5.91 Å². The largest absolute Gasteiger partial charge is 0.474 e. The van der Waals surface area contributed by atoms with Gasteiger partial charge in [-0.1, -0.05) is 35.9 Å². The molecule has 0 bridgehead atoms. The SMILES string of the molecule is CCC1C(=O)N(Cc2ccc3c(N)ncnc3c2)CCN1C(=O)COc1ccc(Cl)s1. The van der Waals surface area contributed by atoms with Gasteiger partial charge >= 0.3 is 0 Å². The number of aromatic nitrogens is 2.